The van der Waals surface area contributed by atoms with Crippen LogP contribution < -0.4 is 10.6 Å². The molecule has 5 heteroatoms. The quantitative estimate of drug-likeness (QED) is 0.750. The molecule has 0 aliphatic rings. The first-order valence-electron chi connectivity index (χ1n) is 4.06. The molecule has 0 atom stereocenters. The van der Waals surface area contributed by atoms with Crippen molar-refractivity contribution < 1.29 is 14.7 Å². The lowest BCUT2D eigenvalue weighted by molar-refractivity contribution is 0.140. The predicted octanol–water partition coefficient (Wildman–Crippen LogP) is 1.49. The first kappa shape index (κ1) is 11.1. The molecule has 0 radical (unpaired) electrons. The van der Waals surface area contributed by atoms with Crippen molar-refractivity contribution in [3.8, 4) is 11.5 Å². The van der Waals surface area contributed by atoms with E-state index in [2.05, 4.69) is 4.84 Å². The van der Waals surface area contributed by atoms with Crippen LogP contribution in [0.15, 0.2) is 12.1 Å². The molecule has 0 aliphatic heterocycles. The molecule has 3 N–H and O–H groups in total. The van der Waals surface area contributed by atoms with Crippen LogP contribution >= 0.6 is 11.6 Å². The molecule has 0 heterocycles. The number of hydrogen-bond donors (Lipinski definition) is 2. The van der Waals surface area contributed by atoms with E-state index in [4.69, 9.17) is 22.2 Å². The van der Waals surface area contributed by atoms with Gasteiger partial charge in [-0.2, -0.15) is 0 Å². The second-order valence-corrected chi connectivity index (χ2v) is 3.10. The van der Waals surface area contributed by atoms with Gasteiger partial charge in [-0.3, -0.25) is 0 Å². The van der Waals surface area contributed by atoms with Crippen LogP contribution in [0.25, 0.3) is 0 Å². The number of phenols is 1. The minimum atomic E-state index is 0.0389. The number of ether oxygens (including phenoxy) is 1. The van der Waals surface area contributed by atoms with Crippen LogP contribution in [-0.2, 0) is 11.3 Å². The zero-order chi connectivity index (χ0) is 10.6. The molecule has 1 rings (SSSR count). The largest absolute Gasteiger partial charge is 0.504 e. The number of benzene rings is 1. The Morgan fingerprint density at radius 3 is 2.79 bits per heavy atom. The second-order valence-electron chi connectivity index (χ2n) is 2.70. The highest BCUT2D eigenvalue weighted by Gasteiger charge is 2.11. The Labute approximate surface area is 87.1 Å². The third kappa shape index (κ3) is 2.29. The third-order valence-corrected chi connectivity index (χ3v) is 2.23. The molecule has 14 heavy (non-hydrogen) atoms. The Morgan fingerprint density at radius 2 is 2.21 bits per heavy atom. The fourth-order valence-corrected chi connectivity index (χ4v) is 1.40. The first-order chi connectivity index (χ1) is 6.70. The van der Waals surface area contributed by atoms with Crippen molar-refractivity contribution >= 4 is 11.6 Å². The molecule has 0 spiro atoms. The zero-order valence-corrected chi connectivity index (χ0v) is 8.54. The zero-order valence-electron chi connectivity index (χ0n) is 7.79. The van der Waals surface area contributed by atoms with Gasteiger partial charge in [0.25, 0.3) is 0 Å². The van der Waals surface area contributed by atoms with Gasteiger partial charge in [-0.25, -0.2) is 5.90 Å². The van der Waals surface area contributed by atoms with Gasteiger partial charge in [0.05, 0.1) is 13.7 Å². The lowest BCUT2D eigenvalue weighted by Crippen LogP contribution is -2.04. The standard InChI is InChI=1S/C9H12ClNO3/c1-13-8-3-2-7(10)6(9(8)12)4-5-14-11/h2-3,12H,4-5,11H2,1H3. The lowest BCUT2D eigenvalue weighted by Gasteiger charge is -2.09. The Balaban J connectivity index is 2.99. The molecular formula is C9H12ClNO3. The van der Waals surface area contributed by atoms with Crippen molar-refractivity contribution in [2.75, 3.05) is 13.7 Å². The predicted molar refractivity (Wildman–Crippen MR) is 53.5 cm³/mol. The van der Waals surface area contributed by atoms with Crippen LogP contribution in [0.2, 0.25) is 5.02 Å². The summed E-state index contributed by atoms with van der Waals surface area (Å²) in [6, 6.07) is 3.26. The Bertz CT molecular complexity index is 317. The van der Waals surface area contributed by atoms with Gasteiger partial charge < -0.3 is 14.7 Å². The summed E-state index contributed by atoms with van der Waals surface area (Å²) in [6.45, 7) is 0.292. The van der Waals surface area contributed by atoms with Gasteiger partial charge in [0.2, 0.25) is 0 Å². The maximum absolute atomic E-state index is 9.69. The summed E-state index contributed by atoms with van der Waals surface area (Å²) >= 11 is 5.88. The Morgan fingerprint density at radius 1 is 1.50 bits per heavy atom. The molecule has 0 fully saturated rings. The summed E-state index contributed by atoms with van der Waals surface area (Å²) in [4.78, 5) is 4.42. The van der Waals surface area contributed by atoms with Crippen LogP contribution in [0.5, 0.6) is 11.5 Å². The molecule has 0 bridgehead atoms. The molecule has 0 amide bonds. The molecule has 78 valence electrons. The summed E-state index contributed by atoms with van der Waals surface area (Å²) in [5.41, 5.74) is 0.580. The first-order valence-corrected chi connectivity index (χ1v) is 4.44. The molecule has 0 aromatic heterocycles. The molecule has 0 saturated carbocycles. The average molecular weight is 218 g/mol. The normalized spacial score (nSPS) is 10.2. The molecule has 1 aromatic carbocycles. The number of aromatic hydroxyl groups is 1. The van der Waals surface area contributed by atoms with E-state index in [-0.39, 0.29) is 5.75 Å². The van der Waals surface area contributed by atoms with Gasteiger partial charge in [0, 0.05) is 17.0 Å². The van der Waals surface area contributed by atoms with Crippen LogP contribution in [0.3, 0.4) is 0 Å². The maximum atomic E-state index is 9.69. The summed E-state index contributed by atoms with van der Waals surface area (Å²) < 4.78 is 4.94. The van der Waals surface area contributed by atoms with E-state index in [0.717, 1.165) is 0 Å². The van der Waals surface area contributed by atoms with E-state index in [9.17, 15) is 5.11 Å². The number of phenolic OH excluding ortho intramolecular Hbond substituents is 1. The van der Waals surface area contributed by atoms with Crippen molar-refractivity contribution in [1.29, 1.82) is 0 Å². The highest BCUT2D eigenvalue weighted by molar-refractivity contribution is 6.31. The van der Waals surface area contributed by atoms with Gasteiger partial charge >= 0.3 is 0 Å². The van der Waals surface area contributed by atoms with Crippen molar-refractivity contribution in [3.63, 3.8) is 0 Å². The summed E-state index contributed by atoms with van der Waals surface area (Å²) in [5.74, 6) is 5.32. The maximum Gasteiger partial charge on any atom is 0.162 e. The van der Waals surface area contributed by atoms with E-state index in [0.29, 0.717) is 29.4 Å². The average Bonchev–Trinajstić information content (AvgIpc) is 2.18. The summed E-state index contributed by atoms with van der Waals surface area (Å²) in [6.07, 6.45) is 0.443. The topological polar surface area (TPSA) is 64.7 Å². The smallest absolute Gasteiger partial charge is 0.162 e. The summed E-state index contributed by atoms with van der Waals surface area (Å²) in [7, 11) is 1.48. The van der Waals surface area contributed by atoms with Crippen molar-refractivity contribution in [3.05, 3.63) is 22.7 Å². The van der Waals surface area contributed by atoms with E-state index in [1.807, 2.05) is 0 Å². The highest BCUT2D eigenvalue weighted by Crippen LogP contribution is 2.34. The number of nitrogens with two attached hydrogens (primary N) is 1. The van der Waals surface area contributed by atoms with Crippen LogP contribution in [0, 0.1) is 0 Å². The van der Waals surface area contributed by atoms with Crippen LogP contribution in [0.4, 0.5) is 0 Å². The molecule has 4 nitrogen and oxygen atoms in total. The molecular weight excluding hydrogens is 206 g/mol. The van der Waals surface area contributed by atoms with Gasteiger partial charge in [-0.15, -0.1) is 0 Å². The van der Waals surface area contributed by atoms with E-state index in [1.54, 1.807) is 12.1 Å². The number of halogens is 1. The van der Waals surface area contributed by atoms with Gasteiger partial charge in [0.15, 0.2) is 11.5 Å². The van der Waals surface area contributed by atoms with E-state index in [1.165, 1.54) is 7.11 Å². The third-order valence-electron chi connectivity index (χ3n) is 1.88. The SMILES string of the molecule is COc1ccc(Cl)c(CCON)c1O. The number of rotatable bonds is 4. The number of methoxy groups -OCH3 is 1. The van der Waals surface area contributed by atoms with E-state index >= 15 is 0 Å². The van der Waals surface area contributed by atoms with Crippen molar-refractivity contribution in [2.45, 2.75) is 6.42 Å². The second kappa shape index (κ2) is 5.05. The van der Waals surface area contributed by atoms with Crippen molar-refractivity contribution in [1.82, 2.24) is 0 Å². The Hall–Kier alpha value is -0.970. The molecule has 0 aliphatic carbocycles. The number of hydrogen-bond acceptors (Lipinski definition) is 4. The van der Waals surface area contributed by atoms with Crippen LogP contribution in [-0.4, -0.2) is 18.8 Å². The lowest BCUT2D eigenvalue weighted by atomic mass is 10.1. The molecule has 0 unspecified atom stereocenters. The minimum absolute atomic E-state index is 0.0389. The van der Waals surface area contributed by atoms with Crippen molar-refractivity contribution in [2.24, 2.45) is 5.90 Å². The van der Waals surface area contributed by atoms with Gasteiger partial charge in [-0.1, -0.05) is 11.6 Å². The van der Waals surface area contributed by atoms with E-state index < -0.39 is 0 Å². The molecule has 0 saturated heterocycles. The fourth-order valence-electron chi connectivity index (χ4n) is 1.15. The monoisotopic (exact) mass is 217 g/mol. The minimum Gasteiger partial charge on any atom is -0.504 e. The summed E-state index contributed by atoms with van der Waals surface area (Å²) in [5, 5.41) is 10.2. The van der Waals surface area contributed by atoms with Crippen LogP contribution in [0.1, 0.15) is 5.56 Å². The molecule has 1 aromatic rings. The highest BCUT2D eigenvalue weighted by atomic mass is 35.5. The van der Waals surface area contributed by atoms with Gasteiger partial charge in [-0.05, 0) is 12.1 Å². The fraction of sp³-hybridized carbons (Fsp3) is 0.333. The Kier molecular flexibility index (Phi) is 4.00. The van der Waals surface area contributed by atoms with Gasteiger partial charge in [0.1, 0.15) is 0 Å².